The van der Waals surface area contributed by atoms with Crippen molar-refractivity contribution < 1.29 is 9.53 Å². The highest BCUT2D eigenvalue weighted by atomic mass is 32.1. The van der Waals surface area contributed by atoms with Crippen molar-refractivity contribution in [2.75, 3.05) is 25.0 Å². The quantitative estimate of drug-likeness (QED) is 0.747. The number of amides is 1. The molecule has 0 spiro atoms. The summed E-state index contributed by atoms with van der Waals surface area (Å²) in [5, 5.41) is 7.32. The lowest BCUT2D eigenvalue weighted by molar-refractivity contribution is -0.126. The van der Waals surface area contributed by atoms with Gasteiger partial charge in [0.2, 0.25) is 5.91 Å². The molecule has 2 aliphatic rings. The number of piperidine rings is 1. The average Bonchev–Trinajstić information content (AvgIpc) is 2.71. The molecular formula is C21H31N3O2S. The van der Waals surface area contributed by atoms with Gasteiger partial charge in [0.25, 0.3) is 0 Å². The number of ether oxygens (including phenoxy) is 1. The van der Waals surface area contributed by atoms with E-state index in [1.54, 1.807) is 0 Å². The largest absolute Gasteiger partial charge is 0.494 e. The van der Waals surface area contributed by atoms with Crippen molar-refractivity contribution in [1.82, 2.24) is 10.2 Å². The van der Waals surface area contributed by atoms with E-state index in [1.807, 2.05) is 31.2 Å². The molecule has 2 fully saturated rings. The van der Waals surface area contributed by atoms with Gasteiger partial charge in [-0.3, -0.25) is 4.79 Å². The van der Waals surface area contributed by atoms with E-state index in [1.165, 1.54) is 19.3 Å². The fourth-order valence-electron chi connectivity index (χ4n) is 3.91. The Hall–Kier alpha value is -1.82. The minimum absolute atomic E-state index is 0.235. The lowest BCUT2D eigenvalue weighted by Crippen LogP contribution is -2.48. The van der Waals surface area contributed by atoms with E-state index < -0.39 is 0 Å². The summed E-state index contributed by atoms with van der Waals surface area (Å²) in [6.07, 6.45) is 7.68. The highest BCUT2D eigenvalue weighted by Crippen LogP contribution is 2.24. The van der Waals surface area contributed by atoms with Crippen LogP contribution in [0.15, 0.2) is 24.3 Å². The fourth-order valence-corrected chi connectivity index (χ4v) is 4.21. The number of hydrogen-bond donors (Lipinski definition) is 2. The van der Waals surface area contributed by atoms with Crippen molar-refractivity contribution in [1.29, 1.82) is 0 Å². The number of rotatable bonds is 5. The number of nitrogens with one attached hydrogen (secondary N) is 2. The van der Waals surface area contributed by atoms with Gasteiger partial charge in [0.15, 0.2) is 5.11 Å². The standard InChI is InChI=1S/C21H31N3O2S/c1-2-26-19-10-8-17(9-11-19)23-21(27)24-14-12-18(13-15-24)22-20(25)16-6-4-3-5-7-16/h8-11,16,18H,2-7,12-15H2,1H3,(H,22,25)(H,23,27). The first-order valence-electron chi connectivity index (χ1n) is 10.2. The zero-order valence-corrected chi connectivity index (χ0v) is 17.0. The molecule has 0 aromatic heterocycles. The monoisotopic (exact) mass is 389 g/mol. The summed E-state index contributed by atoms with van der Waals surface area (Å²) in [7, 11) is 0. The van der Waals surface area contributed by atoms with Crippen LogP contribution >= 0.6 is 12.2 Å². The maximum atomic E-state index is 12.4. The maximum absolute atomic E-state index is 12.4. The summed E-state index contributed by atoms with van der Waals surface area (Å²) in [5.41, 5.74) is 0.969. The topological polar surface area (TPSA) is 53.6 Å². The van der Waals surface area contributed by atoms with E-state index in [2.05, 4.69) is 15.5 Å². The molecule has 1 heterocycles. The molecule has 27 heavy (non-hydrogen) atoms. The van der Waals surface area contributed by atoms with E-state index in [4.69, 9.17) is 17.0 Å². The second kappa shape index (κ2) is 9.93. The normalized spacial score (nSPS) is 18.8. The van der Waals surface area contributed by atoms with Gasteiger partial charge >= 0.3 is 0 Å². The molecule has 1 saturated carbocycles. The summed E-state index contributed by atoms with van der Waals surface area (Å²) in [6, 6.07) is 8.13. The lowest BCUT2D eigenvalue weighted by Gasteiger charge is -2.35. The van der Waals surface area contributed by atoms with Crippen LogP contribution in [0.25, 0.3) is 0 Å². The van der Waals surface area contributed by atoms with E-state index in [0.717, 1.165) is 55.3 Å². The molecule has 0 unspecified atom stereocenters. The lowest BCUT2D eigenvalue weighted by atomic mass is 9.88. The highest BCUT2D eigenvalue weighted by molar-refractivity contribution is 7.80. The van der Waals surface area contributed by atoms with Crippen LogP contribution in [0.2, 0.25) is 0 Å². The minimum atomic E-state index is 0.235. The van der Waals surface area contributed by atoms with Crippen LogP contribution in [0, 0.1) is 5.92 Å². The third-order valence-electron chi connectivity index (χ3n) is 5.52. The van der Waals surface area contributed by atoms with Gasteiger partial charge in [-0.25, -0.2) is 0 Å². The van der Waals surface area contributed by atoms with Gasteiger partial charge in [0, 0.05) is 30.7 Å². The molecule has 5 nitrogen and oxygen atoms in total. The summed E-state index contributed by atoms with van der Waals surface area (Å²) >= 11 is 5.57. The van der Waals surface area contributed by atoms with E-state index in [9.17, 15) is 4.79 Å². The molecule has 6 heteroatoms. The van der Waals surface area contributed by atoms with Crippen LogP contribution in [0.4, 0.5) is 5.69 Å². The molecule has 1 aromatic rings. The zero-order chi connectivity index (χ0) is 19.1. The molecule has 3 rings (SSSR count). The molecule has 0 radical (unpaired) electrons. The second-order valence-corrected chi connectivity index (χ2v) is 7.88. The number of thiocarbonyl (C=S) groups is 1. The number of likely N-dealkylation sites (tertiary alicyclic amines) is 1. The van der Waals surface area contributed by atoms with Crippen molar-refractivity contribution in [3.8, 4) is 5.75 Å². The zero-order valence-electron chi connectivity index (χ0n) is 16.2. The van der Waals surface area contributed by atoms with Crippen molar-refractivity contribution in [2.24, 2.45) is 5.92 Å². The fraction of sp³-hybridized carbons (Fsp3) is 0.619. The van der Waals surface area contributed by atoms with Gasteiger partial charge in [0.1, 0.15) is 5.75 Å². The number of benzene rings is 1. The predicted octanol–water partition coefficient (Wildman–Crippen LogP) is 3.94. The molecule has 1 saturated heterocycles. The molecule has 148 valence electrons. The Labute approximate surface area is 167 Å². The Balaban J connectivity index is 1.41. The van der Waals surface area contributed by atoms with E-state index in [-0.39, 0.29) is 17.9 Å². The minimum Gasteiger partial charge on any atom is -0.494 e. The number of nitrogens with zero attached hydrogens (tertiary/aromatic N) is 1. The van der Waals surface area contributed by atoms with Crippen LogP contribution in [0.3, 0.4) is 0 Å². The highest BCUT2D eigenvalue weighted by Gasteiger charge is 2.26. The number of hydrogen-bond acceptors (Lipinski definition) is 3. The van der Waals surface area contributed by atoms with Crippen molar-refractivity contribution in [3.05, 3.63) is 24.3 Å². The van der Waals surface area contributed by atoms with E-state index >= 15 is 0 Å². The first kappa shape index (κ1) is 19.9. The molecule has 1 aromatic carbocycles. The molecule has 2 N–H and O–H groups in total. The van der Waals surface area contributed by atoms with Crippen molar-refractivity contribution >= 4 is 28.9 Å². The van der Waals surface area contributed by atoms with Gasteiger partial charge < -0.3 is 20.3 Å². The Morgan fingerprint density at radius 3 is 2.41 bits per heavy atom. The first-order valence-corrected chi connectivity index (χ1v) is 10.7. The second-order valence-electron chi connectivity index (χ2n) is 7.49. The SMILES string of the molecule is CCOc1ccc(NC(=S)N2CCC(NC(=O)C3CCCCC3)CC2)cc1. The van der Waals surface area contributed by atoms with Crippen LogP contribution in [-0.2, 0) is 4.79 Å². The van der Waals surface area contributed by atoms with Crippen LogP contribution in [0.5, 0.6) is 5.75 Å². The molecule has 1 aliphatic carbocycles. The number of carbonyl (C=O) groups is 1. The molecule has 0 bridgehead atoms. The van der Waals surface area contributed by atoms with Crippen LogP contribution in [0.1, 0.15) is 51.9 Å². The number of carbonyl (C=O) groups excluding carboxylic acids is 1. The average molecular weight is 390 g/mol. The third-order valence-corrected chi connectivity index (χ3v) is 5.88. The van der Waals surface area contributed by atoms with Gasteiger partial charge in [-0.15, -0.1) is 0 Å². The maximum Gasteiger partial charge on any atom is 0.223 e. The van der Waals surface area contributed by atoms with Crippen molar-refractivity contribution in [2.45, 2.75) is 57.9 Å². The predicted molar refractivity (Wildman–Crippen MR) is 113 cm³/mol. The Bertz CT molecular complexity index is 621. The van der Waals surface area contributed by atoms with Gasteiger partial charge in [0.05, 0.1) is 6.61 Å². The van der Waals surface area contributed by atoms with Crippen LogP contribution < -0.4 is 15.4 Å². The Morgan fingerprint density at radius 1 is 1.11 bits per heavy atom. The summed E-state index contributed by atoms with van der Waals surface area (Å²) < 4.78 is 5.46. The number of anilines is 1. The first-order chi connectivity index (χ1) is 13.2. The molecule has 0 atom stereocenters. The summed E-state index contributed by atoms with van der Waals surface area (Å²) in [4.78, 5) is 14.6. The molecule has 1 aliphatic heterocycles. The Kier molecular flexibility index (Phi) is 7.33. The van der Waals surface area contributed by atoms with Crippen molar-refractivity contribution in [3.63, 3.8) is 0 Å². The third kappa shape index (κ3) is 5.83. The Morgan fingerprint density at radius 2 is 1.78 bits per heavy atom. The summed E-state index contributed by atoms with van der Waals surface area (Å²) in [6.45, 7) is 4.39. The smallest absolute Gasteiger partial charge is 0.223 e. The molecular weight excluding hydrogens is 358 g/mol. The van der Waals surface area contributed by atoms with Gasteiger partial charge in [-0.1, -0.05) is 19.3 Å². The van der Waals surface area contributed by atoms with E-state index in [0.29, 0.717) is 6.61 Å². The van der Waals surface area contributed by atoms with Crippen LogP contribution in [-0.4, -0.2) is 41.7 Å². The summed E-state index contributed by atoms with van der Waals surface area (Å²) in [5.74, 6) is 1.37. The molecule has 1 amide bonds. The van der Waals surface area contributed by atoms with Gasteiger partial charge in [-0.2, -0.15) is 0 Å². The van der Waals surface area contributed by atoms with Gasteiger partial charge in [-0.05, 0) is 69.1 Å².